The highest BCUT2D eigenvalue weighted by Crippen LogP contribution is 2.34. The molecule has 21 heavy (non-hydrogen) atoms. The Morgan fingerprint density at radius 2 is 2.14 bits per heavy atom. The number of hydrogen-bond donors (Lipinski definition) is 1. The van der Waals surface area contributed by atoms with Gasteiger partial charge >= 0.3 is 6.03 Å². The van der Waals surface area contributed by atoms with Crippen LogP contribution in [0.2, 0.25) is 5.15 Å². The molecular weight excluding hydrogens is 292 g/mol. The summed E-state index contributed by atoms with van der Waals surface area (Å²) in [7, 11) is 1.64. The SMILES string of the molecule is CCCC(C)(C)c1cc(N2C(=O)N(C)CC2O)nnc1Cl. The molecule has 7 heteroatoms. The fourth-order valence-electron chi connectivity index (χ4n) is 2.69. The first-order valence-electron chi connectivity index (χ1n) is 7.04. The van der Waals surface area contributed by atoms with Crippen molar-refractivity contribution in [1.82, 2.24) is 15.1 Å². The molecule has 0 radical (unpaired) electrons. The molecule has 1 N–H and O–H groups in total. The molecule has 2 amide bonds. The molecule has 1 atom stereocenters. The van der Waals surface area contributed by atoms with E-state index in [9.17, 15) is 9.90 Å². The standard InChI is InChI=1S/C14H21ClN4O2/c1-5-6-14(2,3)9-7-10(16-17-12(9)15)19-11(20)8-18(4)13(19)21/h7,11,20H,5-6,8H2,1-4H3. The average molecular weight is 313 g/mol. The number of hydrogen-bond acceptors (Lipinski definition) is 4. The maximum Gasteiger partial charge on any atom is 0.327 e. The summed E-state index contributed by atoms with van der Waals surface area (Å²) in [6, 6.07) is 1.46. The van der Waals surface area contributed by atoms with Crippen LogP contribution in [-0.4, -0.2) is 46.1 Å². The Morgan fingerprint density at radius 1 is 1.48 bits per heavy atom. The largest absolute Gasteiger partial charge is 0.371 e. The Labute approximate surface area is 129 Å². The van der Waals surface area contributed by atoms with Gasteiger partial charge in [-0.1, -0.05) is 38.8 Å². The lowest BCUT2D eigenvalue weighted by atomic mass is 9.81. The van der Waals surface area contributed by atoms with Crippen molar-refractivity contribution in [2.45, 2.75) is 45.3 Å². The third kappa shape index (κ3) is 2.96. The second-order valence-corrected chi connectivity index (χ2v) is 6.41. The van der Waals surface area contributed by atoms with Crippen LogP contribution < -0.4 is 4.90 Å². The van der Waals surface area contributed by atoms with E-state index in [1.54, 1.807) is 13.1 Å². The zero-order chi connectivity index (χ0) is 15.8. The van der Waals surface area contributed by atoms with Gasteiger partial charge < -0.3 is 10.0 Å². The van der Waals surface area contributed by atoms with Gasteiger partial charge in [0.25, 0.3) is 0 Å². The van der Waals surface area contributed by atoms with Crippen molar-refractivity contribution in [3.8, 4) is 0 Å². The molecule has 1 unspecified atom stereocenters. The number of carbonyl (C=O) groups excluding carboxylic acids is 1. The van der Waals surface area contributed by atoms with Crippen LogP contribution in [0, 0.1) is 0 Å². The first-order valence-corrected chi connectivity index (χ1v) is 7.42. The van der Waals surface area contributed by atoms with E-state index in [0.717, 1.165) is 18.4 Å². The van der Waals surface area contributed by atoms with Crippen LogP contribution in [0.5, 0.6) is 0 Å². The smallest absolute Gasteiger partial charge is 0.327 e. The quantitative estimate of drug-likeness (QED) is 0.927. The van der Waals surface area contributed by atoms with Crippen molar-refractivity contribution in [3.63, 3.8) is 0 Å². The van der Waals surface area contributed by atoms with E-state index >= 15 is 0 Å². The Bertz CT molecular complexity index is 550. The van der Waals surface area contributed by atoms with Crippen LogP contribution >= 0.6 is 11.6 Å². The highest BCUT2D eigenvalue weighted by Gasteiger charge is 2.37. The second kappa shape index (κ2) is 5.77. The molecule has 1 saturated heterocycles. The number of β-amino-alcohol motifs (C(OH)–C–C–N with tert-alkyl or cyclic N) is 1. The number of likely N-dealkylation sites (N-methyl/N-ethyl adjacent to an activating group) is 1. The Kier molecular flexibility index (Phi) is 4.39. The van der Waals surface area contributed by atoms with Crippen LogP contribution in [0.25, 0.3) is 0 Å². The van der Waals surface area contributed by atoms with E-state index in [0.29, 0.717) is 11.0 Å². The summed E-state index contributed by atoms with van der Waals surface area (Å²) in [5.41, 5.74) is 0.668. The van der Waals surface area contributed by atoms with Gasteiger partial charge in [-0.25, -0.2) is 9.69 Å². The molecular formula is C14H21ClN4O2. The van der Waals surface area contributed by atoms with E-state index < -0.39 is 6.23 Å². The van der Waals surface area contributed by atoms with Crippen LogP contribution in [0.3, 0.4) is 0 Å². The molecule has 6 nitrogen and oxygen atoms in total. The van der Waals surface area contributed by atoms with Crippen molar-refractivity contribution in [2.24, 2.45) is 0 Å². The summed E-state index contributed by atoms with van der Waals surface area (Å²) in [5, 5.41) is 18.3. The Morgan fingerprint density at radius 3 is 2.67 bits per heavy atom. The summed E-state index contributed by atoms with van der Waals surface area (Å²) >= 11 is 6.17. The number of aromatic nitrogens is 2. The minimum absolute atomic E-state index is 0.170. The van der Waals surface area contributed by atoms with Gasteiger partial charge in [0.05, 0.1) is 6.54 Å². The zero-order valence-electron chi connectivity index (χ0n) is 12.8. The molecule has 1 fully saturated rings. The number of amides is 2. The van der Waals surface area contributed by atoms with Gasteiger partial charge in [0.1, 0.15) is 0 Å². The number of urea groups is 1. The van der Waals surface area contributed by atoms with E-state index in [4.69, 9.17) is 11.6 Å². The molecule has 1 aromatic rings. The molecule has 1 aromatic heterocycles. The molecule has 0 saturated carbocycles. The van der Waals surface area contributed by atoms with Crippen LogP contribution in [-0.2, 0) is 5.41 Å². The predicted octanol–water partition coefficient (Wildman–Crippen LogP) is 2.40. The van der Waals surface area contributed by atoms with Crippen molar-refractivity contribution >= 4 is 23.4 Å². The third-order valence-corrected chi connectivity index (χ3v) is 4.13. The summed E-state index contributed by atoms with van der Waals surface area (Å²) in [6.07, 6.45) is 1.03. The normalized spacial score (nSPS) is 19.5. The van der Waals surface area contributed by atoms with Crippen molar-refractivity contribution < 1.29 is 9.90 Å². The highest BCUT2D eigenvalue weighted by atomic mass is 35.5. The molecule has 1 aliphatic rings. The Hall–Kier alpha value is -1.40. The van der Waals surface area contributed by atoms with E-state index in [1.165, 1.54) is 9.80 Å². The summed E-state index contributed by atoms with van der Waals surface area (Å²) in [6.45, 7) is 6.51. The topological polar surface area (TPSA) is 69.6 Å². The van der Waals surface area contributed by atoms with E-state index in [1.807, 2.05) is 0 Å². The average Bonchev–Trinajstić information content (AvgIpc) is 2.64. The van der Waals surface area contributed by atoms with E-state index in [2.05, 4.69) is 31.0 Å². The van der Waals surface area contributed by atoms with Crippen molar-refractivity contribution in [3.05, 3.63) is 16.8 Å². The van der Waals surface area contributed by atoms with Gasteiger partial charge in [-0.15, -0.1) is 10.2 Å². The monoisotopic (exact) mass is 312 g/mol. The zero-order valence-corrected chi connectivity index (χ0v) is 13.6. The first kappa shape index (κ1) is 16.0. The molecule has 0 aliphatic carbocycles. The molecule has 116 valence electrons. The van der Waals surface area contributed by atoms with Crippen LogP contribution in [0.1, 0.15) is 39.2 Å². The van der Waals surface area contributed by atoms with Gasteiger partial charge in [0.2, 0.25) is 0 Å². The van der Waals surface area contributed by atoms with Gasteiger partial charge in [-0.2, -0.15) is 0 Å². The van der Waals surface area contributed by atoms with Crippen LogP contribution in [0.15, 0.2) is 6.07 Å². The third-order valence-electron chi connectivity index (χ3n) is 3.85. The number of anilines is 1. The summed E-state index contributed by atoms with van der Waals surface area (Å²) in [4.78, 5) is 14.8. The molecule has 0 spiro atoms. The molecule has 1 aliphatic heterocycles. The number of rotatable bonds is 4. The molecule has 0 bridgehead atoms. The number of aliphatic hydroxyl groups excluding tert-OH is 1. The number of carbonyl (C=O) groups is 1. The first-order chi connectivity index (χ1) is 9.77. The van der Waals surface area contributed by atoms with E-state index in [-0.39, 0.29) is 18.0 Å². The van der Waals surface area contributed by atoms with Gasteiger partial charge in [0, 0.05) is 12.6 Å². The lowest BCUT2D eigenvalue weighted by molar-refractivity contribution is 0.183. The maximum atomic E-state index is 12.1. The maximum absolute atomic E-state index is 12.1. The Balaban J connectivity index is 2.42. The lowest BCUT2D eigenvalue weighted by Crippen LogP contribution is -2.35. The lowest BCUT2D eigenvalue weighted by Gasteiger charge is -2.26. The highest BCUT2D eigenvalue weighted by molar-refractivity contribution is 6.30. The van der Waals surface area contributed by atoms with Crippen molar-refractivity contribution in [2.75, 3.05) is 18.5 Å². The fraction of sp³-hybridized carbons (Fsp3) is 0.643. The predicted molar refractivity (Wildman–Crippen MR) is 81.5 cm³/mol. The number of nitrogens with zero attached hydrogens (tertiary/aromatic N) is 4. The minimum Gasteiger partial charge on any atom is -0.371 e. The fourth-order valence-corrected chi connectivity index (χ4v) is 3.03. The minimum atomic E-state index is -0.917. The van der Waals surface area contributed by atoms with Gasteiger partial charge in [-0.3, -0.25) is 0 Å². The molecule has 2 heterocycles. The summed E-state index contributed by atoms with van der Waals surface area (Å²) in [5.74, 6) is 0.334. The van der Waals surface area contributed by atoms with Crippen LogP contribution in [0.4, 0.5) is 10.6 Å². The summed E-state index contributed by atoms with van der Waals surface area (Å²) < 4.78 is 0. The number of aliphatic hydroxyl groups is 1. The van der Waals surface area contributed by atoms with Crippen molar-refractivity contribution in [1.29, 1.82) is 0 Å². The second-order valence-electron chi connectivity index (χ2n) is 6.05. The van der Waals surface area contributed by atoms with Gasteiger partial charge in [-0.05, 0) is 17.9 Å². The molecule has 0 aromatic carbocycles. The molecule has 2 rings (SSSR count). The van der Waals surface area contributed by atoms with Gasteiger partial charge in [0.15, 0.2) is 17.2 Å². The number of halogens is 1.